The van der Waals surface area contributed by atoms with Crippen LogP contribution in [0.4, 0.5) is 0 Å². The molecule has 0 aromatic carbocycles. The highest BCUT2D eigenvalue weighted by molar-refractivity contribution is 8.12. The van der Waals surface area contributed by atoms with Gasteiger partial charge in [-0.3, -0.25) is 34.9 Å². The van der Waals surface area contributed by atoms with E-state index in [0.717, 1.165) is 118 Å². The van der Waals surface area contributed by atoms with Gasteiger partial charge in [-0.15, -0.1) is 23.5 Å². The standard InChI is InChI=1S/C4H8N2.2C4H7NO.2C4H7NS.C4H7N.2C3H6N2.2C3H5NO.2C3H5NS.24C2H6/c2*1-2-5-4-6-3-1;1-2-4-6-5-3-1;1-2-5-4-6-3-1;1-2-4-6-5-3-1;1-2-4-5-3-1;1-2-5-3-4-1;1-2-4-5-3-1;1-2-5-3-4-1;1-2-4-5-3-1;1-2-5-3-4-1;1-2-4-5-3-1;24*1-2/h4H,1-3H2,(H,5,6);4H,1-3H2;3H,1-2,4H2;4H,1-3H2;3H,1-2,4H2;3H,1-2,4H2;3H,1-2H2,(H,4,5);1-2,4-5H,3H2;3H,1-2H2;2H,1,3H2;3H,1-2H2;2H,1,3H2;24*1-2H3. The molecule has 702 valence electrons. The maximum absolute atomic E-state index is 4.78. The molecule has 0 bridgehead atoms. The summed E-state index contributed by atoms with van der Waals surface area (Å²) in [6.45, 7) is 109. The smallest absolute Gasteiger partial charge is 0.169 e. The molecule has 0 aromatic rings. The molecule has 0 saturated carbocycles. The maximum atomic E-state index is 4.78. The Hall–Kier alpha value is -3.93. The van der Waals surface area contributed by atoms with Gasteiger partial charge in [-0.2, -0.15) is 0 Å². The minimum absolute atomic E-state index is 0.778. The Morgan fingerprint density at radius 2 is 0.673 bits per heavy atom. The largest absolute Gasteiger partial charge is 0.483 e. The first kappa shape index (κ1) is 176. The predicted octanol–water partition coefficient (Wildman–Crippen LogP) is 30.9. The number of hydrazine groups is 1. The molecule has 0 aromatic heterocycles. The van der Waals surface area contributed by atoms with Crippen molar-refractivity contribution < 1.29 is 19.1 Å². The summed E-state index contributed by atoms with van der Waals surface area (Å²) in [5.74, 6) is 4.88. The van der Waals surface area contributed by atoms with Gasteiger partial charge in [0.1, 0.15) is 19.8 Å². The normalized spacial score (nSPS) is 12.9. The molecule has 0 saturated heterocycles. The van der Waals surface area contributed by atoms with Crippen LogP contribution in [0, 0.1) is 0 Å². The number of hydrogen-bond donors (Lipinski definition) is 4. The summed E-state index contributed by atoms with van der Waals surface area (Å²) in [6, 6.07) is 0. The minimum Gasteiger partial charge on any atom is -0.483 e. The number of nitrogens with one attached hydrogen (secondary N) is 4. The van der Waals surface area contributed by atoms with Crippen molar-refractivity contribution in [3.8, 4) is 0 Å². The highest BCUT2D eigenvalue weighted by atomic mass is 32.2. The van der Waals surface area contributed by atoms with E-state index in [0.29, 0.717) is 0 Å². The van der Waals surface area contributed by atoms with Crippen LogP contribution in [-0.4, -0.2) is 183 Å². The Labute approximate surface area is 735 Å². The second-order valence-electron chi connectivity index (χ2n) is 13.1. The van der Waals surface area contributed by atoms with Gasteiger partial charge in [0.05, 0.1) is 43.5 Å². The van der Waals surface area contributed by atoms with E-state index in [9.17, 15) is 0 Å². The molecule has 12 rings (SSSR count). The van der Waals surface area contributed by atoms with Gasteiger partial charge in [-0.05, 0) is 87.9 Å². The third kappa shape index (κ3) is 326. The lowest BCUT2D eigenvalue weighted by molar-refractivity contribution is 0.134. The molecule has 0 unspecified atom stereocenters. The Morgan fingerprint density at radius 3 is 0.779 bits per heavy atom. The number of hydrogen-bond acceptors (Lipinski definition) is 23. The summed E-state index contributed by atoms with van der Waals surface area (Å²) in [7, 11) is 0. The molecule has 19 nitrogen and oxygen atoms in total. The Balaban J connectivity index is -0.0000000332. The van der Waals surface area contributed by atoms with E-state index in [1.807, 2.05) is 374 Å². The molecule has 12 aliphatic rings. The van der Waals surface area contributed by atoms with Gasteiger partial charge in [0.25, 0.3) is 0 Å². The van der Waals surface area contributed by atoms with Gasteiger partial charge >= 0.3 is 0 Å². The number of oxime groups is 2. The summed E-state index contributed by atoms with van der Waals surface area (Å²) >= 11 is 6.89. The first-order chi connectivity index (χ1) is 56.5. The fourth-order valence-corrected chi connectivity index (χ4v) is 6.46. The molecular weight excluding hydrogens is 1480 g/mol. The number of ether oxygens (including phenoxy) is 2. The molecule has 12 heterocycles. The van der Waals surface area contributed by atoms with Crippen molar-refractivity contribution in [1.29, 1.82) is 0 Å². The van der Waals surface area contributed by atoms with Crippen LogP contribution in [0.15, 0.2) is 66.3 Å². The number of rotatable bonds is 0. The molecule has 0 atom stereocenters. The second-order valence-corrected chi connectivity index (χ2v) is 16.7. The van der Waals surface area contributed by atoms with Crippen molar-refractivity contribution >= 4 is 115 Å². The zero-order chi connectivity index (χ0) is 94.0. The summed E-state index contributed by atoms with van der Waals surface area (Å²) in [5, 5.41) is 12.9. The van der Waals surface area contributed by atoms with E-state index < -0.39 is 0 Å². The van der Waals surface area contributed by atoms with Crippen LogP contribution < -0.4 is 21.5 Å². The van der Waals surface area contributed by atoms with Crippen LogP contribution in [-0.2, 0) is 19.1 Å². The molecule has 12 aliphatic heterocycles. The molecule has 0 aliphatic carbocycles. The number of nitrogens with zero attached hydrogens (tertiary/aromatic N) is 11. The first-order valence-corrected chi connectivity index (χ1v) is 50.5. The van der Waals surface area contributed by atoms with E-state index in [1.54, 1.807) is 72.5 Å². The summed E-state index contributed by atoms with van der Waals surface area (Å²) in [5.41, 5.74) is 9.49. The number of thioether (sulfide) groups is 2. The number of aliphatic imine (C=N–C) groups is 7. The zero-order valence-electron chi connectivity index (χ0n) is 86.2. The van der Waals surface area contributed by atoms with Crippen LogP contribution in [0.25, 0.3) is 0 Å². The third-order valence-electron chi connectivity index (χ3n) is 7.41. The molecule has 4 N–H and O–H groups in total. The van der Waals surface area contributed by atoms with Gasteiger partial charge in [-0.25, -0.2) is 14.2 Å². The molecule has 113 heavy (non-hydrogen) atoms. The quantitative estimate of drug-likeness (QED) is 0.166. The zero-order valence-corrected chi connectivity index (χ0v) is 89.5. The van der Waals surface area contributed by atoms with E-state index in [4.69, 9.17) is 4.74 Å². The highest BCUT2D eigenvalue weighted by Gasteiger charge is 1.92. The van der Waals surface area contributed by atoms with Crippen molar-refractivity contribution in [2.45, 2.75) is 403 Å². The van der Waals surface area contributed by atoms with Gasteiger partial charge < -0.3 is 35.2 Å². The predicted molar refractivity (Wildman–Crippen MR) is 561 cm³/mol. The summed E-state index contributed by atoms with van der Waals surface area (Å²) in [4.78, 5) is 36.4. The van der Waals surface area contributed by atoms with Gasteiger partial charge in [0.15, 0.2) is 12.8 Å². The fraction of sp³-hybridized carbons (Fsp3) is 0.856. The van der Waals surface area contributed by atoms with Gasteiger partial charge in [-0.1, -0.05) is 349 Å². The SMILES string of the molecule is C1=CNNC1.C1=NCCC1.C1=NCCCN1.C1=NCCCO1.C1=NCCCS1.C1=NCCN1.C1=NCCO1.C1=NCCS1.C1=NOCC1.C1=NOCCC1.C1=NSCC1.C1=NSCCC1.CC.CC.CC.CC.CC.CC.CC.CC.CC.CC.CC.CC.CC.CC.CC.CC.CC.CC.CC.CC.CC.CC.CC.CC. The monoisotopic (exact) mass is 1700 g/mol. The van der Waals surface area contributed by atoms with Crippen molar-refractivity contribution in [1.82, 2.24) is 21.5 Å². The van der Waals surface area contributed by atoms with Crippen LogP contribution >= 0.6 is 47.4 Å². The van der Waals surface area contributed by atoms with E-state index in [2.05, 4.69) is 90.0 Å². The van der Waals surface area contributed by atoms with Crippen molar-refractivity contribution in [2.24, 2.45) is 54.1 Å². The molecule has 0 radical (unpaired) electrons. The van der Waals surface area contributed by atoms with Crippen molar-refractivity contribution in [3.63, 3.8) is 0 Å². The Bertz CT molecular complexity index is 1070. The Morgan fingerprint density at radius 1 is 0.274 bits per heavy atom. The van der Waals surface area contributed by atoms with Crippen molar-refractivity contribution in [3.05, 3.63) is 12.3 Å². The molecular formula is C90H219N15O4S4. The topological polar surface area (TPSA) is 221 Å². The molecule has 0 spiro atoms. The average Bonchev–Trinajstić information content (AvgIpc) is 2.81. The van der Waals surface area contributed by atoms with Gasteiger partial charge in [0, 0.05) is 119 Å². The second kappa shape index (κ2) is 332. The molecule has 0 fully saturated rings. The maximum Gasteiger partial charge on any atom is 0.169 e. The molecule has 23 heteroatoms. The Kier molecular flexibility index (Phi) is 517. The highest BCUT2D eigenvalue weighted by Crippen LogP contribution is 2.09. The summed E-state index contributed by atoms with van der Waals surface area (Å²) < 4.78 is 17.3. The summed E-state index contributed by atoms with van der Waals surface area (Å²) in [6.07, 6.45) is 32.8. The van der Waals surface area contributed by atoms with E-state index in [1.165, 1.54) is 80.8 Å². The lowest BCUT2D eigenvalue weighted by atomic mass is 10.3. The van der Waals surface area contributed by atoms with Crippen LogP contribution in [0.3, 0.4) is 0 Å². The van der Waals surface area contributed by atoms with Crippen LogP contribution in [0.5, 0.6) is 0 Å². The van der Waals surface area contributed by atoms with Gasteiger partial charge in [0.2, 0.25) is 0 Å². The lowest BCUT2D eigenvalue weighted by Gasteiger charge is -2.01. The third-order valence-corrected chi connectivity index (χ3v) is 10.4. The fourth-order valence-electron chi connectivity index (χ4n) is 4.18. The lowest BCUT2D eigenvalue weighted by Crippen LogP contribution is -2.19. The van der Waals surface area contributed by atoms with Crippen LogP contribution in [0.2, 0.25) is 0 Å². The van der Waals surface area contributed by atoms with Crippen molar-refractivity contribution in [2.75, 3.05) is 115 Å². The first-order valence-electron chi connectivity index (χ1n) is 46.5. The van der Waals surface area contributed by atoms with E-state index in [-0.39, 0.29) is 0 Å². The minimum atomic E-state index is 0.778. The van der Waals surface area contributed by atoms with Crippen LogP contribution in [0.1, 0.15) is 403 Å². The molecule has 0 amide bonds. The van der Waals surface area contributed by atoms with E-state index >= 15 is 0 Å². The average molecular weight is 1700 g/mol.